The van der Waals surface area contributed by atoms with E-state index in [0.29, 0.717) is 0 Å². The average molecular weight is 334 g/mol. The predicted octanol–water partition coefficient (Wildman–Crippen LogP) is 4.07. The Labute approximate surface area is 142 Å². The molecule has 124 valence electrons. The van der Waals surface area contributed by atoms with Crippen molar-refractivity contribution in [2.75, 3.05) is 0 Å². The van der Waals surface area contributed by atoms with Crippen LogP contribution in [0.25, 0.3) is 0 Å². The molecule has 2 aromatic rings. The number of aliphatic hydroxyl groups is 1. The SMILES string of the molecule is CC/C=C/C(C(O)C(C)(C)Cc1ccc(Cl)cc1)n1cncn1. The lowest BCUT2D eigenvalue weighted by Gasteiger charge is -2.35. The molecule has 0 radical (unpaired) electrons. The fourth-order valence-corrected chi connectivity index (χ4v) is 2.81. The first-order chi connectivity index (χ1) is 10.9. The van der Waals surface area contributed by atoms with Gasteiger partial charge in [0.25, 0.3) is 0 Å². The highest BCUT2D eigenvalue weighted by molar-refractivity contribution is 6.30. The molecule has 1 N–H and O–H groups in total. The third kappa shape index (κ3) is 4.66. The van der Waals surface area contributed by atoms with Crippen LogP contribution < -0.4 is 0 Å². The van der Waals surface area contributed by atoms with E-state index < -0.39 is 6.10 Å². The zero-order valence-electron chi connectivity index (χ0n) is 13.9. The predicted molar refractivity (Wildman–Crippen MR) is 93.4 cm³/mol. The highest BCUT2D eigenvalue weighted by Crippen LogP contribution is 2.33. The summed E-state index contributed by atoms with van der Waals surface area (Å²) in [4.78, 5) is 4.00. The van der Waals surface area contributed by atoms with Gasteiger partial charge in [-0.3, -0.25) is 0 Å². The van der Waals surface area contributed by atoms with Crippen molar-refractivity contribution in [2.45, 2.75) is 45.8 Å². The summed E-state index contributed by atoms with van der Waals surface area (Å²) in [5.74, 6) is 0. The third-order valence-electron chi connectivity index (χ3n) is 4.01. The molecule has 0 spiro atoms. The van der Waals surface area contributed by atoms with E-state index in [9.17, 15) is 5.11 Å². The number of hydrogen-bond donors (Lipinski definition) is 1. The normalized spacial score (nSPS) is 15.0. The van der Waals surface area contributed by atoms with Gasteiger partial charge in [-0.25, -0.2) is 9.67 Å². The maximum Gasteiger partial charge on any atom is 0.137 e. The van der Waals surface area contributed by atoms with Crippen molar-refractivity contribution in [3.8, 4) is 0 Å². The number of halogens is 1. The second-order valence-electron chi connectivity index (χ2n) is 6.44. The minimum atomic E-state index is -0.595. The van der Waals surface area contributed by atoms with Crippen LogP contribution in [-0.2, 0) is 6.42 Å². The number of benzene rings is 1. The van der Waals surface area contributed by atoms with Crippen molar-refractivity contribution >= 4 is 11.6 Å². The molecular formula is C18H24ClN3O. The molecule has 5 heteroatoms. The van der Waals surface area contributed by atoms with Gasteiger partial charge in [-0.1, -0.05) is 56.7 Å². The van der Waals surface area contributed by atoms with E-state index in [1.165, 1.54) is 6.33 Å². The van der Waals surface area contributed by atoms with Crippen molar-refractivity contribution < 1.29 is 5.11 Å². The second-order valence-corrected chi connectivity index (χ2v) is 6.88. The molecule has 2 unspecified atom stereocenters. The van der Waals surface area contributed by atoms with Crippen LogP contribution >= 0.6 is 11.6 Å². The van der Waals surface area contributed by atoms with E-state index in [1.807, 2.05) is 36.4 Å². The van der Waals surface area contributed by atoms with E-state index in [-0.39, 0.29) is 11.5 Å². The molecule has 4 nitrogen and oxygen atoms in total. The van der Waals surface area contributed by atoms with Crippen LogP contribution in [-0.4, -0.2) is 26.0 Å². The maximum atomic E-state index is 11.0. The van der Waals surface area contributed by atoms with Gasteiger partial charge in [0.15, 0.2) is 0 Å². The standard InChI is InChI=1S/C18H24ClN3O/c1-4-5-6-16(22-13-20-12-21-22)17(23)18(2,3)11-14-7-9-15(19)10-8-14/h5-10,12-13,16-17,23H,4,11H2,1-3H3/b6-5+. The van der Waals surface area contributed by atoms with Crippen LogP contribution in [0.3, 0.4) is 0 Å². The Morgan fingerprint density at radius 3 is 2.57 bits per heavy atom. The van der Waals surface area contributed by atoms with Crippen LogP contribution in [0.4, 0.5) is 0 Å². The van der Waals surface area contributed by atoms with Crippen LogP contribution in [0.2, 0.25) is 5.02 Å². The van der Waals surface area contributed by atoms with E-state index in [1.54, 1.807) is 11.0 Å². The monoisotopic (exact) mass is 333 g/mol. The zero-order chi connectivity index (χ0) is 16.9. The van der Waals surface area contributed by atoms with Gasteiger partial charge in [0, 0.05) is 5.02 Å². The summed E-state index contributed by atoms with van der Waals surface area (Å²) in [6.07, 6.45) is 8.25. The fourth-order valence-electron chi connectivity index (χ4n) is 2.68. The van der Waals surface area contributed by atoms with E-state index >= 15 is 0 Å². The molecule has 0 aliphatic rings. The largest absolute Gasteiger partial charge is 0.390 e. The fraction of sp³-hybridized carbons (Fsp3) is 0.444. The molecule has 0 fully saturated rings. The van der Waals surface area contributed by atoms with Gasteiger partial charge in [-0.15, -0.1) is 0 Å². The molecule has 2 rings (SSSR count). The summed E-state index contributed by atoms with van der Waals surface area (Å²) >= 11 is 5.94. The highest BCUT2D eigenvalue weighted by atomic mass is 35.5. The topological polar surface area (TPSA) is 50.9 Å². The molecular weight excluding hydrogens is 310 g/mol. The molecule has 1 heterocycles. The minimum Gasteiger partial charge on any atom is -0.390 e. The van der Waals surface area contributed by atoms with Crippen molar-refractivity contribution in [1.29, 1.82) is 0 Å². The Balaban J connectivity index is 2.21. The van der Waals surface area contributed by atoms with Crippen LogP contribution in [0.5, 0.6) is 0 Å². The molecule has 0 saturated heterocycles. The first kappa shape index (κ1) is 17.7. The smallest absolute Gasteiger partial charge is 0.137 e. The molecule has 0 saturated carbocycles. The summed E-state index contributed by atoms with van der Waals surface area (Å²) in [7, 11) is 0. The number of nitrogens with zero attached hydrogens (tertiary/aromatic N) is 3. The summed E-state index contributed by atoms with van der Waals surface area (Å²) < 4.78 is 1.71. The van der Waals surface area contributed by atoms with Gasteiger partial charge in [0.05, 0.1) is 12.1 Å². The van der Waals surface area contributed by atoms with Gasteiger partial charge in [0.2, 0.25) is 0 Å². The summed E-state index contributed by atoms with van der Waals surface area (Å²) in [5.41, 5.74) is 0.818. The van der Waals surface area contributed by atoms with Crippen molar-refractivity contribution in [1.82, 2.24) is 14.8 Å². The quantitative estimate of drug-likeness (QED) is 0.777. The van der Waals surface area contributed by atoms with Crippen LogP contribution in [0, 0.1) is 5.41 Å². The van der Waals surface area contributed by atoms with Gasteiger partial charge >= 0.3 is 0 Å². The number of aliphatic hydroxyl groups excluding tert-OH is 1. The van der Waals surface area contributed by atoms with Gasteiger partial charge in [-0.05, 0) is 36.0 Å². The molecule has 23 heavy (non-hydrogen) atoms. The Morgan fingerprint density at radius 2 is 2.00 bits per heavy atom. The van der Waals surface area contributed by atoms with Crippen molar-refractivity contribution in [2.24, 2.45) is 5.41 Å². The van der Waals surface area contributed by atoms with E-state index in [2.05, 4.69) is 30.9 Å². The Kier molecular flexibility index (Phi) is 5.97. The Hall–Kier alpha value is -1.65. The first-order valence-corrected chi connectivity index (χ1v) is 8.25. The average Bonchev–Trinajstić information content (AvgIpc) is 3.04. The highest BCUT2D eigenvalue weighted by Gasteiger charge is 2.34. The molecule has 0 bridgehead atoms. The molecule has 2 atom stereocenters. The summed E-state index contributed by atoms with van der Waals surface area (Å²) in [5, 5.41) is 15.9. The molecule has 0 aliphatic heterocycles. The third-order valence-corrected chi connectivity index (χ3v) is 4.26. The molecule has 0 amide bonds. The summed E-state index contributed by atoms with van der Waals surface area (Å²) in [6.45, 7) is 6.20. The number of hydrogen-bond acceptors (Lipinski definition) is 3. The Morgan fingerprint density at radius 1 is 1.30 bits per heavy atom. The summed E-state index contributed by atoms with van der Waals surface area (Å²) in [6, 6.07) is 7.53. The molecule has 1 aromatic carbocycles. The van der Waals surface area contributed by atoms with E-state index in [4.69, 9.17) is 11.6 Å². The lowest BCUT2D eigenvalue weighted by atomic mass is 9.77. The van der Waals surface area contributed by atoms with Crippen LogP contribution in [0.1, 0.15) is 38.8 Å². The van der Waals surface area contributed by atoms with Gasteiger partial charge in [-0.2, -0.15) is 5.10 Å². The maximum absolute atomic E-state index is 11.0. The van der Waals surface area contributed by atoms with Crippen molar-refractivity contribution in [3.63, 3.8) is 0 Å². The van der Waals surface area contributed by atoms with E-state index in [0.717, 1.165) is 23.4 Å². The Bertz CT molecular complexity index is 620. The molecule has 0 aliphatic carbocycles. The van der Waals surface area contributed by atoms with Gasteiger partial charge in [0.1, 0.15) is 12.7 Å². The first-order valence-electron chi connectivity index (χ1n) is 7.87. The van der Waals surface area contributed by atoms with Crippen LogP contribution in [0.15, 0.2) is 49.1 Å². The second kappa shape index (κ2) is 7.75. The minimum absolute atomic E-state index is 0.236. The lowest BCUT2D eigenvalue weighted by Crippen LogP contribution is -2.38. The van der Waals surface area contributed by atoms with Crippen molar-refractivity contribution in [3.05, 3.63) is 59.7 Å². The molecule has 1 aromatic heterocycles. The lowest BCUT2D eigenvalue weighted by molar-refractivity contribution is 0.0173. The number of aromatic nitrogens is 3. The number of rotatable bonds is 7. The zero-order valence-corrected chi connectivity index (χ0v) is 14.6. The number of allylic oxidation sites excluding steroid dienone is 1. The van der Waals surface area contributed by atoms with Gasteiger partial charge < -0.3 is 5.11 Å².